The molecule has 0 saturated heterocycles. The number of carbonyl (C=O) groups is 2. The first-order valence-electron chi connectivity index (χ1n) is 7.90. The van der Waals surface area contributed by atoms with Gasteiger partial charge in [-0.05, 0) is 49.4 Å². The third kappa shape index (κ3) is 4.35. The Hall–Kier alpha value is -3.34. The maximum Gasteiger partial charge on any atom is 0.255 e. The Balaban J connectivity index is 1.66. The van der Waals surface area contributed by atoms with Crippen LogP contribution in [0.3, 0.4) is 0 Å². The molecule has 0 aliphatic heterocycles. The smallest absolute Gasteiger partial charge is 0.255 e. The number of amides is 2. The molecule has 0 spiro atoms. The van der Waals surface area contributed by atoms with Crippen molar-refractivity contribution in [1.82, 2.24) is 5.32 Å². The lowest BCUT2D eigenvalue weighted by atomic mass is 10.1. The van der Waals surface area contributed by atoms with Crippen molar-refractivity contribution in [2.24, 2.45) is 0 Å². The summed E-state index contributed by atoms with van der Waals surface area (Å²) in [5, 5.41) is 5.59. The molecule has 3 rings (SSSR count). The van der Waals surface area contributed by atoms with Crippen LogP contribution in [-0.4, -0.2) is 11.8 Å². The van der Waals surface area contributed by atoms with E-state index in [1.54, 1.807) is 48.7 Å². The number of nitrogens with one attached hydrogen (secondary N) is 2. The van der Waals surface area contributed by atoms with Crippen molar-refractivity contribution in [1.29, 1.82) is 0 Å². The summed E-state index contributed by atoms with van der Waals surface area (Å²) in [6, 6.07) is 17.7. The summed E-state index contributed by atoms with van der Waals surface area (Å²) in [7, 11) is 0. The minimum atomic E-state index is -0.233. The number of rotatable bonds is 5. The molecule has 5 nitrogen and oxygen atoms in total. The van der Waals surface area contributed by atoms with Gasteiger partial charge in [0.1, 0.15) is 5.76 Å². The van der Waals surface area contributed by atoms with Crippen molar-refractivity contribution in [3.8, 4) is 0 Å². The van der Waals surface area contributed by atoms with Crippen LogP contribution in [0, 0.1) is 6.92 Å². The van der Waals surface area contributed by atoms with E-state index in [1.165, 1.54) is 0 Å². The van der Waals surface area contributed by atoms with Crippen LogP contribution in [0.5, 0.6) is 0 Å². The molecule has 5 heteroatoms. The number of benzene rings is 2. The van der Waals surface area contributed by atoms with Gasteiger partial charge in [-0.2, -0.15) is 0 Å². The van der Waals surface area contributed by atoms with E-state index in [0.29, 0.717) is 29.1 Å². The lowest BCUT2D eigenvalue weighted by Gasteiger charge is -2.08. The standard InChI is InChI=1S/C20H18N2O3/c1-14-5-2-6-15(11-14)20(24)22-17-8-3-7-16(12-17)19(23)21-13-18-9-4-10-25-18/h2-12H,13H2,1H3,(H,21,23)(H,22,24). The Morgan fingerprint density at radius 3 is 2.40 bits per heavy atom. The fourth-order valence-electron chi connectivity index (χ4n) is 2.41. The van der Waals surface area contributed by atoms with Gasteiger partial charge in [0, 0.05) is 16.8 Å². The van der Waals surface area contributed by atoms with E-state index in [0.717, 1.165) is 5.56 Å². The van der Waals surface area contributed by atoms with E-state index < -0.39 is 0 Å². The summed E-state index contributed by atoms with van der Waals surface area (Å²) < 4.78 is 5.18. The molecule has 3 aromatic rings. The van der Waals surface area contributed by atoms with Gasteiger partial charge in [0.05, 0.1) is 12.8 Å². The van der Waals surface area contributed by atoms with E-state index in [-0.39, 0.29) is 11.8 Å². The second-order valence-electron chi connectivity index (χ2n) is 5.67. The van der Waals surface area contributed by atoms with Crippen molar-refractivity contribution in [3.05, 3.63) is 89.4 Å². The number of aryl methyl sites for hydroxylation is 1. The lowest BCUT2D eigenvalue weighted by molar-refractivity contribution is 0.0946. The Kier molecular flexibility index (Phi) is 4.95. The molecule has 0 atom stereocenters. The Bertz CT molecular complexity index is 885. The summed E-state index contributed by atoms with van der Waals surface area (Å²) in [5.74, 6) is 0.233. The van der Waals surface area contributed by atoms with Crippen molar-refractivity contribution >= 4 is 17.5 Å². The third-order valence-electron chi connectivity index (χ3n) is 3.67. The average molecular weight is 334 g/mol. The van der Waals surface area contributed by atoms with Crippen LogP contribution in [0.15, 0.2) is 71.3 Å². The summed E-state index contributed by atoms with van der Waals surface area (Å²) >= 11 is 0. The summed E-state index contributed by atoms with van der Waals surface area (Å²) in [6.07, 6.45) is 1.56. The van der Waals surface area contributed by atoms with Crippen LogP contribution in [0.2, 0.25) is 0 Å². The molecule has 0 aliphatic rings. The summed E-state index contributed by atoms with van der Waals surface area (Å²) in [4.78, 5) is 24.5. The largest absolute Gasteiger partial charge is 0.467 e. The van der Waals surface area contributed by atoms with E-state index in [2.05, 4.69) is 10.6 Å². The van der Waals surface area contributed by atoms with Gasteiger partial charge < -0.3 is 15.1 Å². The normalized spacial score (nSPS) is 10.3. The zero-order valence-electron chi connectivity index (χ0n) is 13.8. The molecule has 0 bridgehead atoms. The molecular formula is C20H18N2O3. The zero-order chi connectivity index (χ0) is 17.6. The number of carbonyl (C=O) groups excluding carboxylic acids is 2. The highest BCUT2D eigenvalue weighted by Crippen LogP contribution is 2.13. The second kappa shape index (κ2) is 7.49. The number of furan rings is 1. The van der Waals surface area contributed by atoms with E-state index in [4.69, 9.17) is 4.42 Å². The van der Waals surface area contributed by atoms with Gasteiger partial charge >= 0.3 is 0 Å². The fourth-order valence-corrected chi connectivity index (χ4v) is 2.41. The van der Waals surface area contributed by atoms with Crippen LogP contribution < -0.4 is 10.6 Å². The first-order valence-corrected chi connectivity index (χ1v) is 7.90. The van der Waals surface area contributed by atoms with Gasteiger partial charge in [0.25, 0.3) is 11.8 Å². The van der Waals surface area contributed by atoms with Gasteiger partial charge in [-0.25, -0.2) is 0 Å². The topological polar surface area (TPSA) is 71.3 Å². The Morgan fingerprint density at radius 2 is 1.68 bits per heavy atom. The number of anilines is 1. The monoisotopic (exact) mass is 334 g/mol. The van der Waals surface area contributed by atoms with Crippen LogP contribution >= 0.6 is 0 Å². The third-order valence-corrected chi connectivity index (χ3v) is 3.67. The van der Waals surface area contributed by atoms with Crippen LogP contribution in [0.25, 0.3) is 0 Å². The molecule has 0 fully saturated rings. The molecule has 0 aliphatic carbocycles. The highest BCUT2D eigenvalue weighted by Gasteiger charge is 2.10. The molecule has 0 radical (unpaired) electrons. The fraction of sp³-hybridized carbons (Fsp3) is 0.100. The molecular weight excluding hydrogens is 316 g/mol. The molecule has 0 saturated carbocycles. The highest BCUT2D eigenvalue weighted by atomic mass is 16.3. The number of hydrogen-bond donors (Lipinski definition) is 2. The van der Waals surface area contributed by atoms with Crippen molar-refractivity contribution in [2.75, 3.05) is 5.32 Å². The maximum absolute atomic E-state index is 12.3. The molecule has 2 N–H and O–H groups in total. The minimum absolute atomic E-state index is 0.211. The zero-order valence-corrected chi connectivity index (χ0v) is 13.8. The van der Waals surface area contributed by atoms with E-state index in [1.807, 2.05) is 25.1 Å². The molecule has 0 unspecified atom stereocenters. The molecule has 1 aromatic heterocycles. The molecule has 25 heavy (non-hydrogen) atoms. The van der Waals surface area contributed by atoms with Crippen molar-refractivity contribution < 1.29 is 14.0 Å². The van der Waals surface area contributed by atoms with Gasteiger partial charge in [0.2, 0.25) is 0 Å². The van der Waals surface area contributed by atoms with Gasteiger partial charge in [-0.3, -0.25) is 9.59 Å². The maximum atomic E-state index is 12.3. The average Bonchev–Trinajstić information content (AvgIpc) is 3.13. The highest BCUT2D eigenvalue weighted by molar-refractivity contribution is 6.05. The lowest BCUT2D eigenvalue weighted by Crippen LogP contribution is -2.22. The number of hydrogen-bond acceptors (Lipinski definition) is 3. The van der Waals surface area contributed by atoms with Crippen molar-refractivity contribution in [3.63, 3.8) is 0 Å². The van der Waals surface area contributed by atoms with Gasteiger partial charge in [-0.15, -0.1) is 0 Å². The van der Waals surface area contributed by atoms with Crippen molar-refractivity contribution in [2.45, 2.75) is 13.5 Å². The molecule has 1 heterocycles. The molecule has 2 aromatic carbocycles. The Morgan fingerprint density at radius 1 is 0.920 bits per heavy atom. The van der Waals surface area contributed by atoms with Crippen LogP contribution in [0.4, 0.5) is 5.69 Å². The predicted molar refractivity (Wildman–Crippen MR) is 95.5 cm³/mol. The van der Waals surface area contributed by atoms with E-state index >= 15 is 0 Å². The Labute approximate surface area is 145 Å². The quantitative estimate of drug-likeness (QED) is 0.746. The van der Waals surface area contributed by atoms with Crippen LogP contribution in [-0.2, 0) is 6.54 Å². The van der Waals surface area contributed by atoms with Gasteiger partial charge in [-0.1, -0.05) is 23.8 Å². The molecule has 2 amide bonds. The van der Waals surface area contributed by atoms with E-state index in [9.17, 15) is 9.59 Å². The first kappa shape index (κ1) is 16.5. The SMILES string of the molecule is Cc1cccc(C(=O)Nc2cccc(C(=O)NCc3ccco3)c2)c1. The van der Waals surface area contributed by atoms with Gasteiger partial charge in [0.15, 0.2) is 0 Å². The summed E-state index contributed by atoms with van der Waals surface area (Å²) in [5.41, 5.74) is 2.62. The molecule has 126 valence electrons. The minimum Gasteiger partial charge on any atom is -0.467 e. The summed E-state index contributed by atoms with van der Waals surface area (Å²) in [6.45, 7) is 2.24. The first-order chi connectivity index (χ1) is 12.1. The second-order valence-corrected chi connectivity index (χ2v) is 5.67. The predicted octanol–water partition coefficient (Wildman–Crippen LogP) is 3.77. The van der Waals surface area contributed by atoms with Crippen LogP contribution in [0.1, 0.15) is 32.0 Å².